The van der Waals surface area contributed by atoms with Crippen molar-refractivity contribution in [1.29, 1.82) is 0 Å². The first-order chi connectivity index (χ1) is 14.4. The second-order valence-corrected chi connectivity index (χ2v) is 10.6. The molecule has 0 aliphatic rings. The van der Waals surface area contributed by atoms with Crippen LogP contribution in [-0.2, 0) is 33.0 Å². The fourth-order valence-electron chi connectivity index (χ4n) is 2.77. The van der Waals surface area contributed by atoms with Crippen molar-refractivity contribution >= 4 is 40.7 Å². The molecule has 1 amide bonds. The summed E-state index contributed by atoms with van der Waals surface area (Å²) < 4.78 is 20.2. The molecule has 0 heterocycles. The summed E-state index contributed by atoms with van der Waals surface area (Å²) in [6.45, 7) is 7.04. The lowest BCUT2D eigenvalue weighted by Crippen LogP contribution is -2.51. The molecule has 0 aliphatic heterocycles. The molecule has 9 heteroatoms. The predicted molar refractivity (Wildman–Crippen MR) is 122 cm³/mol. The fourth-order valence-corrected chi connectivity index (χ4v) is 4.05. The third kappa shape index (κ3) is 7.14. The Labute approximate surface area is 190 Å². The first-order valence-corrected chi connectivity index (χ1v) is 11.1. The maximum absolute atomic E-state index is 12.7. The quantitative estimate of drug-likeness (QED) is 0.480. The van der Waals surface area contributed by atoms with Gasteiger partial charge >= 0.3 is 12.1 Å². The highest BCUT2D eigenvalue weighted by atomic mass is 35.5. The molecule has 2 atom stereocenters. The normalized spacial score (nSPS) is 14.4. The van der Waals surface area contributed by atoms with Crippen LogP contribution in [0.2, 0.25) is 5.02 Å². The fraction of sp³-hybridized carbons (Fsp3) is 0.364. The zero-order valence-electron chi connectivity index (χ0n) is 17.9. The first kappa shape index (κ1) is 25.0. The lowest BCUT2D eigenvalue weighted by Gasteiger charge is -2.35. The molecular weight excluding hydrogens is 440 g/mol. The van der Waals surface area contributed by atoms with E-state index in [0.717, 1.165) is 5.56 Å². The van der Waals surface area contributed by atoms with Crippen molar-refractivity contribution in [2.75, 3.05) is 5.32 Å². The molecule has 7 nitrogen and oxygen atoms in total. The van der Waals surface area contributed by atoms with E-state index in [4.69, 9.17) is 16.3 Å². The van der Waals surface area contributed by atoms with Gasteiger partial charge in [-0.25, -0.2) is 4.79 Å². The number of rotatable bonds is 8. The summed E-state index contributed by atoms with van der Waals surface area (Å²) in [5, 5.41) is 12.2. The van der Waals surface area contributed by atoms with Gasteiger partial charge in [-0.1, -0.05) is 54.1 Å². The van der Waals surface area contributed by atoms with Crippen LogP contribution in [0, 0.1) is 0 Å². The van der Waals surface area contributed by atoms with Gasteiger partial charge in [0.2, 0.25) is 0 Å². The molecule has 0 saturated heterocycles. The Bertz CT molecular complexity index is 920. The van der Waals surface area contributed by atoms with Gasteiger partial charge < -0.3 is 14.4 Å². The van der Waals surface area contributed by atoms with E-state index in [1.54, 1.807) is 45.9 Å². The molecular formula is C22H27ClN2O5S. The minimum atomic E-state index is -1.56. The number of hydrogen-bond donors (Lipinski definition) is 3. The molecule has 168 valence electrons. The Morgan fingerprint density at radius 2 is 1.74 bits per heavy atom. The summed E-state index contributed by atoms with van der Waals surface area (Å²) in [7, 11) is 0. The van der Waals surface area contributed by atoms with Gasteiger partial charge in [0.25, 0.3) is 0 Å². The summed E-state index contributed by atoms with van der Waals surface area (Å²) in [6, 6.07) is 14.1. The molecule has 0 aromatic heterocycles. The highest BCUT2D eigenvalue weighted by molar-refractivity contribution is 7.90. The van der Waals surface area contributed by atoms with Gasteiger partial charge in [0, 0.05) is 11.4 Å². The number of carbonyl (C=O) groups is 2. The van der Waals surface area contributed by atoms with Crippen molar-refractivity contribution in [2.45, 2.75) is 51.0 Å². The van der Waals surface area contributed by atoms with Crippen molar-refractivity contribution in [3.8, 4) is 0 Å². The highest BCUT2D eigenvalue weighted by Crippen LogP contribution is 2.37. The van der Waals surface area contributed by atoms with Crippen LogP contribution in [0.15, 0.2) is 48.5 Å². The van der Waals surface area contributed by atoms with Crippen LogP contribution >= 0.6 is 11.6 Å². The van der Waals surface area contributed by atoms with Crippen LogP contribution in [0.1, 0.15) is 45.2 Å². The zero-order chi connectivity index (χ0) is 23.2. The molecule has 0 fully saturated rings. The molecule has 2 aromatic carbocycles. The molecule has 3 N–H and O–H groups in total. The number of carbonyl (C=O) groups excluding carboxylic acids is 1. The summed E-state index contributed by atoms with van der Waals surface area (Å²) in [5.41, 5.74) is 0.250. The first-order valence-electron chi connectivity index (χ1n) is 9.60. The van der Waals surface area contributed by atoms with E-state index in [1.807, 2.05) is 30.3 Å². The standard InChI is InChI=1S/C22H27ClN2O5S/c1-21(2,3)31(29)25-22(4,13-18(26)27)16-11-8-12-17(19(16)23)24-20(28)30-14-15-9-6-5-7-10-15/h5-12,25H,13-14H2,1-4H3,(H,24,28)(H,26,27)/t22?,31-/m1/s1. The Morgan fingerprint density at radius 3 is 2.32 bits per heavy atom. The number of carboxylic acid groups (broad SMARTS) is 1. The van der Waals surface area contributed by atoms with Crippen molar-refractivity contribution in [2.24, 2.45) is 0 Å². The van der Waals surface area contributed by atoms with Crippen molar-refractivity contribution in [3.05, 3.63) is 64.7 Å². The average Bonchev–Trinajstić information content (AvgIpc) is 2.67. The molecule has 0 spiro atoms. The van der Waals surface area contributed by atoms with E-state index in [2.05, 4.69) is 10.0 Å². The lowest BCUT2D eigenvalue weighted by molar-refractivity contribution is -0.138. The van der Waals surface area contributed by atoms with Gasteiger partial charge in [0.05, 0.1) is 22.7 Å². The summed E-state index contributed by atoms with van der Waals surface area (Å²) >= 11 is 4.98. The van der Waals surface area contributed by atoms with E-state index < -0.39 is 33.7 Å². The van der Waals surface area contributed by atoms with Gasteiger partial charge in [-0.2, -0.15) is 0 Å². The smallest absolute Gasteiger partial charge is 0.412 e. The summed E-state index contributed by atoms with van der Waals surface area (Å²) in [5.74, 6) is -1.09. The number of amides is 1. The molecule has 1 unspecified atom stereocenters. The van der Waals surface area contributed by atoms with Crippen molar-refractivity contribution in [1.82, 2.24) is 4.72 Å². The summed E-state index contributed by atoms with van der Waals surface area (Å²) in [4.78, 5) is 23.8. The van der Waals surface area contributed by atoms with Crippen LogP contribution in [-0.4, -0.2) is 26.5 Å². The van der Waals surface area contributed by atoms with E-state index in [1.165, 1.54) is 0 Å². The van der Waals surface area contributed by atoms with Gasteiger partial charge in [0.1, 0.15) is 11.4 Å². The van der Waals surface area contributed by atoms with Gasteiger partial charge in [-0.3, -0.25) is 10.1 Å². The zero-order valence-corrected chi connectivity index (χ0v) is 19.5. The molecule has 2 aromatic rings. The van der Waals surface area contributed by atoms with Crippen LogP contribution in [0.4, 0.5) is 10.5 Å². The van der Waals surface area contributed by atoms with E-state index in [0.29, 0.717) is 5.56 Å². The minimum Gasteiger partial charge on any atom is -0.598 e. The number of carboxylic acids is 1. The number of benzene rings is 2. The van der Waals surface area contributed by atoms with E-state index in [9.17, 15) is 19.2 Å². The predicted octanol–water partition coefficient (Wildman–Crippen LogP) is 4.83. The van der Waals surface area contributed by atoms with Crippen molar-refractivity contribution < 1.29 is 24.0 Å². The Balaban J connectivity index is 2.24. The second kappa shape index (κ2) is 10.4. The summed E-state index contributed by atoms with van der Waals surface area (Å²) in [6.07, 6.45) is -1.06. The third-order valence-corrected chi connectivity index (χ3v) is 6.58. The molecule has 31 heavy (non-hydrogen) atoms. The molecule has 0 radical (unpaired) electrons. The molecule has 0 bridgehead atoms. The van der Waals surface area contributed by atoms with Crippen LogP contribution in [0.3, 0.4) is 0 Å². The average molecular weight is 467 g/mol. The van der Waals surface area contributed by atoms with E-state index in [-0.39, 0.29) is 23.7 Å². The van der Waals surface area contributed by atoms with Gasteiger partial charge in [-0.15, -0.1) is 4.72 Å². The number of anilines is 1. The molecule has 0 saturated carbocycles. The third-order valence-electron chi connectivity index (χ3n) is 4.42. The van der Waals surface area contributed by atoms with Crippen molar-refractivity contribution in [3.63, 3.8) is 0 Å². The maximum Gasteiger partial charge on any atom is 0.412 e. The van der Waals surface area contributed by atoms with Crippen LogP contribution < -0.4 is 10.0 Å². The highest BCUT2D eigenvalue weighted by Gasteiger charge is 2.40. The maximum atomic E-state index is 12.7. The largest absolute Gasteiger partial charge is 0.598 e. The molecule has 0 aliphatic carbocycles. The number of nitrogens with one attached hydrogen (secondary N) is 2. The Morgan fingerprint density at radius 1 is 1.10 bits per heavy atom. The van der Waals surface area contributed by atoms with Crippen LogP contribution in [0.25, 0.3) is 0 Å². The monoisotopic (exact) mass is 466 g/mol. The van der Waals surface area contributed by atoms with E-state index >= 15 is 0 Å². The van der Waals surface area contributed by atoms with Crippen LogP contribution in [0.5, 0.6) is 0 Å². The Kier molecular flexibility index (Phi) is 8.36. The number of aliphatic carboxylic acids is 1. The number of ether oxygens (including phenoxy) is 1. The van der Waals surface area contributed by atoms with Gasteiger partial charge in [-0.05, 0) is 44.9 Å². The second-order valence-electron chi connectivity index (χ2n) is 8.24. The molecule has 2 rings (SSSR count). The minimum absolute atomic E-state index is 0.0901. The number of hydrogen-bond acceptors (Lipinski definition) is 5. The lowest BCUT2D eigenvalue weighted by atomic mass is 9.89. The Hall–Kier alpha value is -2.26. The topological polar surface area (TPSA) is 111 Å². The SMILES string of the molecule is CC(CC(=O)O)(N[S@+]([O-])C(C)(C)C)c1cccc(NC(=O)OCc2ccccc2)c1Cl. The van der Waals surface area contributed by atoms with Gasteiger partial charge in [0.15, 0.2) is 0 Å². The number of halogens is 1.